The standard InChI is InChI=1S/C16H19N3O3/c20-15(14-3-1-8-21-14)18-6-2-4-16(11-18)9-13(10-22-16)19-7-5-17-12-19/h1,3,5,7-8,12-13H,2,4,6,9-11H2. The number of amides is 1. The van der Waals surface area contributed by atoms with Gasteiger partial charge in [-0.05, 0) is 25.0 Å². The summed E-state index contributed by atoms with van der Waals surface area (Å²) in [6, 6.07) is 3.77. The summed E-state index contributed by atoms with van der Waals surface area (Å²) in [4.78, 5) is 18.4. The number of rotatable bonds is 2. The highest BCUT2D eigenvalue weighted by molar-refractivity contribution is 5.91. The van der Waals surface area contributed by atoms with Crippen LogP contribution in [0.25, 0.3) is 0 Å². The molecule has 0 radical (unpaired) electrons. The van der Waals surface area contributed by atoms with Crippen LogP contribution in [0.2, 0.25) is 0 Å². The first-order valence-electron chi connectivity index (χ1n) is 7.70. The van der Waals surface area contributed by atoms with Crippen LogP contribution in [0.4, 0.5) is 0 Å². The van der Waals surface area contributed by atoms with E-state index in [9.17, 15) is 4.79 Å². The zero-order valence-corrected chi connectivity index (χ0v) is 12.4. The lowest BCUT2D eigenvalue weighted by Crippen LogP contribution is -2.50. The van der Waals surface area contributed by atoms with E-state index in [1.165, 1.54) is 6.26 Å². The van der Waals surface area contributed by atoms with E-state index in [4.69, 9.17) is 9.15 Å². The normalized spacial score (nSPS) is 28.4. The Morgan fingerprint density at radius 3 is 3.18 bits per heavy atom. The monoisotopic (exact) mass is 301 g/mol. The Hall–Kier alpha value is -2.08. The molecule has 2 aromatic heterocycles. The molecule has 0 bridgehead atoms. The predicted molar refractivity (Wildman–Crippen MR) is 78.4 cm³/mol. The Bertz CT molecular complexity index is 638. The summed E-state index contributed by atoms with van der Waals surface area (Å²) in [5, 5.41) is 0. The second-order valence-electron chi connectivity index (χ2n) is 6.17. The number of aromatic nitrogens is 2. The Morgan fingerprint density at radius 2 is 2.41 bits per heavy atom. The molecule has 4 rings (SSSR count). The van der Waals surface area contributed by atoms with Crippen molar-refractivity contribution in [3.05, 3.63) is 42.9 Å². The van der Waals surface area contributed by atoms with Gasteiger partial charge in [0.1, 0.15) is 0 Å². The molecule has 0 aromatic carbocycles. The molecule has 2 fully saturated rings. The molecule has 4 heterocycles. The van der Waals surface area contributed by atoms with Crippen molar-refractivity contribution in [2.45, 2.75) is 30.9 Å². The van der Waals surface area contributed by atoms with Crippen molar-refractivity contribution in [2.75, 3.05) is 19.7 Å². The quantitative estimate of drug-likeness (QED) is 0.852. The first-order chi connectivity index (χ1) is 10.8. The summed E-state index contributed by atoms with van der Waals surface area (Å²) in [6.45, 7) is 2.08. The van der Waals surface area contributed by atoms with Gasteiger partial charge < -0.3 is 18.6 Å². The second-order valence-corrected chi connectivity index (χ2v) is 6.17. The van der Waals surface area contributed by atoms with E-state index in [1.54, 1.807) is 18.3 Å². The molecule has 116 valence electrons. The molecule has 2 aromatic rings. The van der Waals surface area contributed by atoms with Crippen molar-refractivity contribution >= 4 is 5.91 Å². The Kier molecular flexibility index (Phi) is 3.26. The number of carbonyl (C=O) groups excluding carboxylic acids is 1. The van der Waals surface area contributed by atoms with Crippen LogP contribution >= 0.6 is 0 Å². The molecule has 0 aliphatic carbocycles. The predicted octanol–water partition coefficient (Wildman–Crippen LogP) is 2.11. The van der Waals surface area contributed by atoms with E-state index in [2.05, 4.69) is 9.55 Å². The lowest BCUT2D eigenvalue weighted by atomic mass is 9.88. The van der Waals surface area contributed by atoms with Crippen LogP contribution in [0.3, 0.4) is 0 Å². The van der Waals surface area contributed by atoms with E-state index < -0.39 is 0 Å². The van der Waals surface area contributed by atoms with Crippen LogP contribution < -0.4 is 0 Å². The first kappa shape index (κ1) is 13.6. The van der Waals surface area contributed by atoms with Gasteiger partial charge in [-0.15, -0.1) is 0 Å². The second kappa shape index (κ2) is 5.28. The molecule has 6 heteroatoms. The molecule has 2 atom stereocenters. The molecule has 1 amide bonds. The Balaban J connectivity index is 1.48. The maximum absolute atomic E-state index is 12.5. The smallest absolute Gasteiger partial charge is 0.289 e. The third kappa shape index (κ3) is 2.33. The summed E-state index contributed by atoms with van der Waals surface area (Å²) in [7, 11) is 0. The fraction of sp³-hybridized carbons (Fsp3) is 0.500. The molecule has 2 saturated heterocycles. The minimum absolute atomic E-state index is 0.0428. The van der Waals surface area contributed by atoms with Crippen LogP contribution in [0.15, 0.2) is 41.5 Å². The van der Waals surface area contributed by atoms with Crippen molar-refractivity contribution in [1.82, 2.24) is 14.5 Å². The van der Waals surface area contributed by atoms with Crippen molar-refractivity contribution in [3.8, 4) is 0 Å². The van der Waals surface area contributed by atoms with E-state index in [1.807, 2.05) is 17.4 Å². The van der Waals surface area contributed by atoms with Gasteiger partial charge in [-0.2, -0.15) is 0 Å². The molecule has 2 unspecified atom stereocenters. The van der Waals surface area contributed by atoms with Crippen LogP contribution in [0, 0.1) is 0 Å². The number of imidazole rings is 1. The largest absolute Gasteiger partial charge is 0.459 e. The summed E-state index contributed by atoms with van der Waals surface area (Å²) in [5.74, 6) is 0.361. The Morgan fingerprint density at radius 1 is 1.45 bits per heavy atom. The van der Waals surface area contributed by atoms with Crippen LogP contribution in [-0.4, -0.2) is 45.7 Å². The van der Waals surface area contributed by atoms with Gasteiger partial charge in [0.15, 0.2) is 5.76 Å². The highest BCUT2D eigenvalue weighted by atomic mass is 16.5. The topological polar surface area (TPSA) is 60.5 Å². The molecular weight excluding hydrogens is 282 g/mol. The average Bonchev–Trinajstić information content (AvgIpc) is 3.28. The zero-order chi connectivity index (χ0) is 15.0. The van der Waals surface area contributed by atoms with Gasteiger partial charge in [0, 0.05) is 25.4 Å². The minimum atomic E-state index is -0.227. The minimum Gasteiger partial charge on any atom is -0.459 e. The van der Waals surface area contributed by atoms with E-state index in [0.717, 1.165) is 25.8 Å². The van der Waals surface area contributed by atoms with Crippen molar-refractivity contribution in [3.63, 3.8) is 0 Å². The van der Waals surface area contributed by atoms with Crippen LogP contribution in [0.5, 0.6) is 0 Å². The van der Waals surface area contributed by atoms with E-state index in [0.29, 0.717) is 25.0 Å². The van der Waals surface area contributed by atoms with Gasteiger partial charge in [-0.1, -0.05) is 0 Å². The maximum atomic E-state index is 12.5. The number of hydrogen-bond donors (Lipinski definition) is 0. The highest BCUT2D eigenvalue weighted by Crippen LogP contribution is 2.39. The third-order valence-electron chi connectivity index (χ3n) is 4.69. The maximum Gasteiger partial charge on any atom is 0.289 e. The SMILES string of the molecule is O=C(c1ccco1)N1CCCC2(CC(n3ccnc3)CO2)C1. The number of furan rings is 1. The fourth-order valence-corrected chi connectivity index (χ4v) is 3.61. The number of likely N-dealkylation sites (tertiary alicyclic amines) is 1. The third-order valence-corrected chi connectivity index (χ3v) is 4.69. The fourth-order valence-electron chi connectivity index (χ4n) is 3.61. The van der Waals surface area contributed by atoms with Gasteiger partial charge in [-0.25, -0.2) is 4.98 Å². The van der Waals surface area contributed by atoms with Gasteiger partial charge in [0.05, 0.1) is 37.4 Å². The van der Waals surface area contributed by atoms with Crippen LogP contribution in [0.1, 0.15) is 35.9 Å². The molecule has 6 nitrogen and oxygen atoms in total. The van der Waals surface area contributed by atoms with Crippen molar-refractivity contribution < 1.29 is 13.9 Å². The summed E-state index contributed by atoms with van der Waals surface area (Å²) < 4.78 is 13.5. The molecule has 22 heavy (non-hydrogen) atoms. The average molecular weight is 301 g/mol. The summed E-state index contributed by atoms with van der Waals surface area (Å²) in [6.07, 6.45) is 10.0. The number of hydrogen-bond acceptors (Lipinski definition) is 4. The van der Waals surface area contributed by atoms with E-state index in [-0.39, 0.29) is 11.5 Å². The van der Waals surface area contributed by atoms with Gasteiger partial charge in [-0.3, -0.25) is 4.79 Å². The molecule has 0 saturated carbocycles. The number of carbonyl (C=O) groups is 1. The van der Waals surface area contributed by atoms with Crippen molar-refractivity contribution in [1.29, 1.82) is 0 Å². The molecule has 1 spiro atoms. The number of nitrogens with zero attached hydrogens (tertiary/aromatic N) is 3. The summed E-state index contributed by atoms with van der Waals surface area (Å²) in [5.41, 5.74) is -0.227. The molecule has 2 aliphatic heterocycles. The lowest BCUT2D eigenvalue weighted by molar-refractivity contribution is -0.0454. The molecule has 2 aliphatic rings. The Labute approximate surface area is 128 Å². The highest BCUT2D eigenvalue weighted by Gasteiger charge is 2.45. The lowest BCUT2D eigenvalue weighted by Gasteiger charge is -2.39. The van der Waals surface area contributed by atoms with Crippen molar-refractivity contribution in [2.24, 2.45) is 0 Å². The van der Waals surface area contributed by atoms with Gasteiger partial charge in [0.25, 0.3) is 5.91 Å². The van der Waals surface area contributed by atoms with Crippen LogP contribution in [-0.2, 0) is 4.74 Å². The first-order valence-corrected chi connectivity index (χ1v) is 7.70. The molecular formula is C16H19N3O3. The summed E-state index contributed by atoms with van der Waals surface area (Å²) >= 11 is 0. The van der Waals surface area contributed by atoms with E-state index >= 15 is 0 Å². The molecule has 0 N–H and O–H groups in total. The van der Waals surface area contributed by atoms with Gasteiger partial charge in [0.2, 0.25) is 0 Å². The zero-order valence-electron chi connectivity index (χ0n) is 12.4. The number of ether oxygens (including phenoxy) is 1. The number of piperidine rings is 1. The van der Waals surface area contributed by atoms with Gasteiger partial charge >= 0.3 is 0 Å².